The molecular formula is C31H39N3O5S. The molecule has 3 aromatic carbocycles. The lowest BCUT2D eigenvalue weighted by atomic mass is 10.1. The van der Waals surface area contributed by atoms with Crippen molar-refractivity contribution in [2.75, 3.05) is 24.5 Å². The van der Waals surface area contributed by atoms with Gasteiger partial charge in [0.15, 0.2) is 0 Å². The van der Waals surface area contributed by atoms with Crippen LogP contribution in [-0.4, -0.2) is 51.4 Å². The van der Waals surface area contributed by atoms with Gasteiger partial charge in [0, 0.05) is 13.1 Å². The fourth-order valence-corrected chi connectivity index (χ4v) is 5.76. The van der Waals surface area contributed by atoms with Crippen molar-refractivity contribution in [2.45, 2.75) is 58.5 Å². The standard InChI is InChI=1S/C31H39N3O5S/c1-7-17-32-31(36)25(5)33(20-26-9-8-10-27(19-26)39-6)30(35)21-34(29-18-23(3)11-14-24(29)4)40(37,38)28-15-12-22(2)13-16-28/h8-16,18-19,25H,7,17,20-21H2,1-6H3,(H,32,36)/t25-/m0/s1. The van der Waals surface area contributed by atoms with E-state index >= 15 is 0 Å². The second-order valence-electron chi connectivity index (χ2n) is 9.95. The van der Waals surface area contributed by atoms with Crippen LogP contribution in [0.5, 0.6) is 5.75 Å². The average Bonchev–Trinajstić information content (AvgIpc) is 2.94. The molecule has 0 aliphatic heterocycles. The van der Waals surface area contributed by atoms with E-state index < -0.39 is 28.5 Å². The second kappa shape index (κ2) is 13.5. The van der Waals surface area contributed by atoms with E-state index in [1.54, 1.807) is 56.5 Å². The van der Waals surface area contributed by atoms with E-state index in [0.29, 0.717) is 23.5 Å². The molecule has 0 bridgehead atoms. The number of hydrogen-bond donors (Lipinski definition) is 1. The van der Waals surface area contributed by atoms with Crippen molar-refractivity contribution in [2.24, 2.45) is 0 Å². The van der Waals surface area contributed by atoms with Crippen LogP contribution in [0.4, 0.5) is 5.69 Å². The van der Waals surface area contributed by atoms with E-state index in [1.807, 2.05) is 52.0 Å². The third-order valence-corrected chi connectivity index (χ3v) is 8.50. The minimum atomic E-state index is -4.12. The Morgan fingerprint density at radius 1 is 0.950 bits per heavy atom. The largest absolute Gasteiger partial charge is 0.497 e. The number of carbonyl (C=O) groups excluding carboxylic acids is 2. The summed E-state index contributed by atoms with van der Waals surface area (Å²) in [7, 11) is -2.56. The van der Waals surface area contributed by atoms with Crippen molar-refractivity contribution in [3.63, 3.8) is 0 Å². The van der Waals surface area contributed by atoms with Crippen LogP contribution in [0.1, 0.15) is 42.5 Å². The molecule has 3 rings (SSSR count). The summed E-state index contributed by atoms with van der Waals surface area (Å²) in [6, 6.07) is 18.4. The molecule has 8 nitrogen and oxygen atoms in total. The van der Waals surface area contributed by atoms with Gasteiger partial charge in [0.2, 0.25) is 11.8 Å². The fourth-order valence-electron chi connectivity index (χ4n) is 4.28. The molecule has 0 unspecified atom stereocenters. The van der Waals surface area contributed by atoms with Gasteiger partial charge in [-0.2, -0.15) is 0 Å². The molecule has 0 spiro atoms. The van der Waals surface area contributed by atoms with Crippen molar-refractivity contribution in [1.82, 2.24) is 10.2 Å². The van der Waals surface area contributed by atoms with E-state index in [4.69, 9.17) is 4.74 Å². The van der Waals surface area contributed by atoms with Crippen LogP contribution in [0.2, 0.25) is 0 Å². The van der Waals surface area contributed by atoms with Crippen molar-refractivity contribution in [1.29, 1.82) is 0 Å². The highest BCUT2D eigenvalue weighted by Crippen LogP contribution is 2.29. The molecule has 1 atom stereocenters. The number of methoxy groups -OCH3 is 1. The lowest BCUT2D eigenvalue weighted by Crippen LogP contribution is -2.51. The van der Waals surface area contributed by atoms with E-state index in [0.717, 1.165) is 27.4 Å². The summed E-state index contributed by atoms with van der Waals surface area (Å²) in [5.41, 5.74) is 3.66. The zero-order chi connectivity index (χ0) is 29.4. The number of aryl methyl sites for hydroxylation is 3. The van der Waals surface area contributed by atoms with Gasteiger partial charge in [-0.15, -0.1) is 0 Å². The summed E-state index contributed by atoms with van der Waals surface area (Å²) in [6.45, 7) is 9.26. The smallest absolute Gasteiger partial charge is 0.264 e. The summed E-state index contributed by atoms with van der Waals surface area (Å²) in [6.07, 6.45) is 0.748. The normalized spacial score (nSPS) is 11.9. The van der Waals surface area contributed by atoms with Crippen LogP contribution in [0.15, 0.2) is 71.6 Å². The van der Waals surface area contributed by atoms with Crippen molar-refractivity contribution in [3.8, 4) is 5.75 Å². The Bertz CT molecular complexity index is 1440. The Kier molecular flexibility index (Phi) is 10.3. The van der Waals surface area contributed by atoms with Gasteiger partial charge >= 0.3 is 0 Å². The highest BCUT2D eigenvalue weighted by molar-refractivity contribution is 7.92. The minimum absolute atomic E-state index is 0.0832. The monoisotopic (exact) mass is 565 g/mol. The fraction of sp³-hybridized carbons (Fsp3) is 0.355. The van der Waals surface area contributed by atoms with E-state index in [1.165, 1.54) is 4.90 Å². The third-order valence-electron chi connectivity index (χ3n) is 6.72. The minimum Gasteiger partial charge on any atom is -0.497 e. The van der Waals surface area contributed by atoms with Crippen molar-refractivity contribution in [3.05, 3.63) is 89.0 Å². The van der Waals surface area contributed by atoms with Gasteiger partial charge in [0.1, 0.15) is 18.3 Å². The lowest BCUT2D eigenvalue weighted by molar-refractivity contribution is -0.139. The molecule has 0 aromatic heterocycles. The number of carbonyl (C=O) groups is 2. The SMILES string of the molecule is CCCNC(=O)[C@H](C)N(Cc1cccc(OC)c1)C(=O)CN(c1cc(C)ccc1C)S(=O)(=O)c1ccc(C)cc1. The number of benzene rings is 3. The summed E-state index contributed by atoms with van der Waals surface area (Å²) in [5, 5.41) is 2.85. The van der Waals surface area contributed by atoms with Crippen molar-refractivity contribution < 1.29 is 22.7 Å². The molecule has 0 radical (unpaired) electrons. The topological polar surface area (TPSA) is 96.0 Å². The number of nitrogens with zero attached hydrogens (tertiary/aromatic N) is 2. The quantitative estimate of drug-likeness (QED) is 0.342. The Hall–Kier alpha value is -3.85. The van der Waals surface area contributed by atoms with Gasteiger partial charge in [0.25, 0.3) is 10.0 Å². The predicted octanol–water partition coefficient (Wildman–Crippen LogP) is 4.76. The number of ether oxygens (including phenoxy) is 1. The van der Waals surface area contributed by atoms with E-state index in [2.05, 4.69) is 5.32 Å². The maximum absolute atomic E-state index is 14.0. The Morgan fingerprint density at radius 3 is 2.27 bits per heavy atom. The number of sulfonamides is 1. The molecule has 0 fully saturated rings. The summed E-state index contributed by atoms with van der Waals surface area (Å²) >= 11 is 0. The number of hydrogen-bond acceptors (Lipinski definition) is 5. The van der Waals surface area contributed by atoms with E-state index in [-0.39, 0.29) is 17.3 Å². The first-order chi connectivity index (χ1) is 19.0. The van der Waals surface area contributed by atoms with Crippen LogP contribution < -0.4 is 14.4 Å². The molecule has 1 N–H and O–H groups in total. The number of nitrogens with one attached hydrogen (secondary N) is 1. The maximum atomic E-state index is 14.0. The molecule has 2 amide bonds. The number of rotatable bonds is 12. The summed E-state index contributed by atoms with van der Waals surface area (Å²) in [4.78, 5) is 28.5. The molecule has 0 saturated heterocycles. The van der Waals surface area contributed by atoms with Gasteiger partial charge in [-0.3, -0.25) is 13.9 Å². The van der Waals surface area contributed by atoms with Gasteiger partial charge in [-0.25, -0.2) is 8.42 Å². The zero-order valence-corrected chi connectivity index (χ0v) is 24.9. The van der Waals surface area contributed by atoms with E-state index in [9.17, 15) is 18.0 Å². The highest BCUT2D eigenvalue weighted by Gasteiger charge is 2.33. The van der Waals surface area contributed by atoms with Crippen LogP contribution in [0.25, 0.3) is 0 Å². The van der Waals surface area contributed by atoms with Crippen LogP contribution in [0, 0.1) is 20.8 Å². The molecular weight excluding hydrogens is 526 g/mol. The van der Waals surface area contributed by atoms with Crippen molar-refractivity contribution >= 4 is 27.5 Å². The zero-order valence-electron chi connectivity index (χ0n) is 24.1. The molecule has 0 saturated carbocycles. The lowest BCUT2D eigenvalue weighted by Gasteiger charge is -2.32. The van der Waals surface area contributed by atoms with Crippen LogP contribution in [-0.2, 0) is 26.2 Å². The Labute approximate surface area is 238 Å². The first-order valence-electron chi connectivity index (χ1n) is 13.3. The third kappa shape index (κ3) is 7.41. The molecule has 40 heavy (non-hydrogen) atoms. The number of amides is 2. The average molecular weight is 566 g/mol. The Balaban J connectivity index is 2.07. The van der Waals surface area contributed by atoms with Gasteiger partial charge in [0.05, 0.1) is 17.7 Å². The first kappa shape index (κ1) is 30.7. The Morgan fingerprint density at radius 2 is 1.62 bits per heavy atom. The second-order valence-corrected chi connectivity index (χ2v) is 11.8. The van der Waals surface area contributed by atoms with Gasteiger partial charge in [-0.1, -0.05) is 48.9 Å². The first-order valence-corrected chi connectivity index (χ1v) is 14.8. The predicted molar refractivity (Wildman–Crippen MR) is 158 cm³/mol. The molecule has 3 aromatic rings. The molecule has 0 aliphatic carbocycles. The molecule has 0 aliphatic rings. The summed E-state index contributed by atoms with van der Waals surface area (Å²) < 4.78 is 34.5. The van der Waals surface area contributed by atoms with Gasteiger partial charge < -0.3 is 15.0 Å². The maximum Gasteiger partial charge on any atom is 0.264 e. The molecule has 9 heteroatoms. The number of anilines is 1. The molecule has 214 valence electrons. The van der Waals surface area contributed by atoms with Crippen LogP contribution in [0.3, 0.4) is 0 Å². The molecule has 0 heterocycles. The van der Waals surface area contributed by atoms with Crippen LogP contribution >= 0.6 is 0 Å². The van der Waals surface area contributed by atoms with Gasteiger partial charge in [-0.05, 0) is 81.1 Å². The highest BCUT2D eigenvalue weighted by atomic mass is 32.2. The summed E-state index contributed by atoms with van der Waals surface area (Å²) in [5.74, 6) is -0.191.